The zero-order valence-corrected chi connectivity index (χ0v) is 12.3. The summed E-state index contributed by atoms with van der Waals surface area (Å²) in [5.74, 6) is 1.24. The SMILES string of the molecule is Cc1cc(Oc2cccc(Br)c2C#N)c(C)cc1N. The number of hydrogen-bond donors (Lipinski definition) is 1. The van der Waals surface area contributed by atoms with E-state index in [-0.39, 0.29) is 0 Å². The molecule has 0 aromatic heterocycles. The number of hydrogen-bond acceptors (Lipinski definition) is 3. The molecule has 19 heavy (non-hydrogen) atoms. The van der Waals surface area contributed by atoms with Crippen molar-refractivity contribution in [1.29, 1.82) is 5.26 Å². The molecule has 0 aliphatic carbocycles. The first-order valence-corrected chi connectivity index (χ1v) is 6.55. The molecule has 0 heterocycles. The fourth-order valence-electron chi connectivity index (χ4n) is 1.74. The molecular formula is C15H13BrN2O. The van der Waals surface area contributed by atoms with Crippen LogP contribution in [-0.4, -0.2) is 0 Å². The third-order valence-corrected chi connectivity index (χ3v) is 3.53. The Morgan fingerprint density at radius 3 is 2.58 bits per heavy atom. The van der Waals surface area contributed by atoms with Crippen LogP contribution in [0.25, 0.3) is 0 Å². The normalized spacial score (nSPS) is 10.0. The maximum Gasteiger partial charge on any atom is 0.146 e. The second kappa shape index (κ2) is 5.33. The van der Waals surface area contributed by atoms with Crippen LogP contribution in [0.3, 0.4) is 0 Å². The Labute approximate surface area is 120 Å². The van der Waals surface area contributed by atoms with Gasteiger partial charge in [-0.15, -0.1) is 0 Å². The van der Waals surface area contributed by atoms with Gasteiger partial charge in [0.2, 0.25) is 0 Å². The zero-order valence-electron chi connectivity index (χ0n) is 10.7. The van der Waals surface area contributed by atoms with Gasteiger partial charge in [0.05, 0.1) is 0 Å². The van der Waals surface area contributed by atoms with Crippen LogP contribution in [0.15, 0.2) is 34.8 Å². The minimum Gasteiger partial charge on any atom is -0.456 e. The summed E-state index contributed by atoms with van der Waals surface area (Å²) in [6, 6.07) is 11.3. The third kappa shape index (κ3) is 2.72. The number of aryl methyl sites for hydroxylation is 2. The fraction of sp³-hybridized carbons (Fsp3) is 0.133. The minimum atomic E-state index is 0.483. The van der Waals surface area contributed by atoms with Crippen LogP contribution >= 0.6 is 15.9 Å². The first-order chi connectivity index (χ1) is 9.02. The average Bonchev–Trinajstić information content (AvgIpc) is 2.36. The third-order valence-electron chi connectivity index (χ3n) is 2.87. The van der Waals surface area contributed by atoms with E-state index < -0.39 is 0 Å². The fourth-order valence-corrected chi connectivity index (χ4v) is 2.18. The molecule has 3 nitrogen and oxygen atoms in total. The van der Waals surface area contributed by atoms with Gasteiger partial charge in [0.25, 0.3) is 0 Å². The van der Waals surface area contributed by atoms with Gasteiger partial charge in [-0.1, -0.05) is 6.07 Å². The number of halogens is 1. The van der Waals surface area contributed by atoms with Crippen molar-refractivity contribution < 1.29 is 4.74 Å². The second-order valence-corrected chi connectivity index (χ2v) is 5.16. The topological polar surface area (TPSA) is 59.0 Å². The van der Waals surface area contributed by atoms with Crippen molar-refractivity contribution in [2.75, 3.05) is 5.73 Å². The Bertz CT molecular complexity index is 675. The molecule has 0 bridgehead atoms. The van der Waals surface area contributed by atoms with E-state index in [0.717, 1.165) is 21.3 Å². The van der Waals surface area contributed by atoms with Crippen molar-refractivity contribution in [2.45, 2.75) is 13.8 Å². The number of nitriles is 1. The Kier molecular flexibility index (Phi) is 3.77. The Balaban J connectivity index is 2.45. The summed E-state index contributed by atoms with van der Waals surface area (Å²) in [4.78, 5) is 0. The Hall–Kier alpha value is -1.99. The molecule has 2 rings (SSSR count). The molecule has 0 fully saturated rings. The highest BCUT2D eigenvalue weighted by Crippen LogP contribution is 2.33. The lowest BCUT2D eigenvalue weighted by Crippen LogP contribution is -1.95. The molecule has 0 unspecified atom stereocenters. The van der Waals surface area contributed by atoms with E-state index >= 15 is 0 Å². The van der Waals surface area contributed by atoms with E-state index in [4.69, 9.17) is 15.7 Å². The summed E-state index contributed by atoms with van der Waals surface area (Å²) in [7, 11) is 0. The molecule has 0 atom stereocenters. The average molecular weight is 317 g/mol. The van der Waals surface area contributed by atoms with Crippen LogP contribution in [0.4, 0.5) is 5.69 Å². The van der Waals surface area contributed by atoms with Crippen LogP contribution in [0.5, 0.6) is 11.5 Å². The molecule has 96 valence electrons. The number of nitrogens with zero attached hydrogens (tertiary/aromatic N) is 1. The summed E-state index contributed by atoms with van der Waals surface area (Å²) >= 11 is 3.34. The van der Waals surface area contributed by atoms with Crippen molar-refractivity contribution in [3.05, 3.63) is 51.5 Å². The number of anilines is 1. The van der Waals surface area contributed by atoms with E-state index in [9.17, 15) is 0 Å². The number of ether oxygens (including phenoxy) is 1. The van der Waals surface area contributed by atoms with Gasteiger partial charge < -0.3 is 10.5 Å². The zero-order chi connectivity index (χ0) is 14.0. The van der Waals surface area contributed by atoms with Crippen LogP contribution in [0.1, 0.15) is 16.7 Å². The molecule has 4 heteroatoms. The van der Waals surface area contributed by atoms with Gasteiger partial charge in [0, 0.05) is 10.2 Å². The van der Waals surface area contributed by atoms with Gasteiger partial charge in [0.1, 0.15) is 23.1 Å². The summed E-state index contributed by atoms with van der Waals surface area (Å²) in [6.45, 7) is 3.85. The highest BCUT2D eigenvalue weighted by Gasteiger charge is 2.10. The smallest absolute Gasteiger partial charge is 0.146 e. The second-order valence-electron chi connectivity index (χ2n) is 4.30. The molecule has 0 saturated heterocycles. The van der Waals surface area contributed by atoms with Crippen molar-refractivity contribution in [3.63, 3.8) is 0 Å². The maximum absolute atomic E-state index is 9.17. The van der Waals surface area contributed by atoms with Crippen LogP contribution < -0.4 is 10.5 Å². The summed E-state index contributed by atoms with van der Waals surface area (Å²) in [5.41, 5.74) is 8.96. The van der Waals surface area contributed by atoms with Crippen LogP contribution in [-0.2, 0) is 0 Å². The van der Waals surface area contributed by atoms with Gasteiger partial charge >= 0.3 is 0 Å². The quantitative estimate of drug-likeness (QED) is 0.840. The number of nitrogens with two attached hydrogens (primary N) is 1. The molecule has 0 amide bonds. The van der Waals surface area contributed by atoms with E-state index in [0.29, 0.717) is 17.1 Å². The lowest BCUT2D eigenvalue weighted by molar-refractivity contribution is 0.476. The standard InChI is InChI=1S/C15H13BrN2O/c1-9-7-15(10(2)6-13(9)18)19-14-5-3-4-12(16)11(14)8-17/h3-7H,18H2,1-2H3. The van der Waals surface area contributed by atoms with Gasteiger partial charge in [-0.3, -0.25) is 0 Å². The molecule has 0 radical (unpaired) electrons. The predicted molar refractivity (Wildman–Crippen MR) is 79.3 cm³/mol. The van der Waals surface area contributed by atoms with E-state index in [1.165, 1.54) is 0 Å². The Morgan fingerprint density at radius 1 is 1.16 bits per heavy atom. The molecule has 0 spiro atoms. The first kappa shape index (κ1) is 13.4. The lowest BCUT2D eigenvalue weighted by Gasteiger charge is -2.12. The molecule has 0 aliphatic heterocycles. The number of nitrogen functional groups attached to an aromatic ring is 1. The van der Waals surface area contributed by atoms with Crippen molar-refractivity contribution in [2.24, 2.45) is 0 Å². The molecule has 2 N–H and O–H groups in total. The highest BCUT2D eigenvalue weighted by atomic mass is 79.9. The monoisotopic (exact) mass is 316 g/mol. The number of benzene rings is 2. The van der Waals surface area contributed by atoms with Crippen molar-refractivity contribution in [1.82, 2.24) is 0 Å². The van der Waals surface area contributed by atoms with E-state index in [2.05, 4.69) is 22.0 Å². The van der Waals surface area contributed by atoms with Crippen LogP contribution in [0.2, 0.25) is 0 Å². The van der Waals surface area contributed by atoms with Gasteiger partial charge in [-0.25, -0.2) is 0 Å². The largest absolute Gasteiger partial charge is 0.456 e. The molecule has 2 aromatic rings. The van der Waals surface area contributed by atoms with E-state index in [1.54, 1.807) is 6.07 Å². The minimum absolute atomic E-state index is 0.483. The summed E-state index contributed by atoms with van der Waals surface area (Å²) in [6.07, 6.45) is 0. The summed E-state index contributed by atoms with van der Waals surface area (Å²) < 4.78 is 6.56. The van der Waals surface area contributed by atoms with Crippen molar-refractivity contribution in [3.8, 4) is 17.6 Å². The predicted octanol–water partition coefficient (Wildman–Crippen LogP) is 4.31. The molecule has 2 aromatic carbocycles. The number of rotatable bonds is 2. The van der Waals surface area contributed by atoms with Gasteiger partial charge in [-0.2, -0.15) is 5.26 Å². The van der Waals surface area contributed by atoms with E-state index in [1.807, 2.05) is 38.1 Å². The maximum atomic E-state index is 9.17. The molecule has 0 saturated carbocycles. The van der Waals surface area contributed by atoms with Gasteiger partial charge in [0.15, 0.2) is 0 Å². The van der Waals surface area contributed by atoms with Crippen LogP contribution in [0, 0.1) is 25.2 Å². The molecular weight excluding hydrogens is 304 g/mol. The Morgan fingerprint density at radius 2 is 1.89 bits per heavy atom. The first-order valence-electron chi connectivity index (χ1n) is 5.76. The van der Waals surface area contributed by atoms with Crippen molar-refractivity contribution >= 4 is 21.6 Å². The lowest BCUT2D eigenvalue weighted by atomic mass is 10.1. The van der Waals surface area contributed by atoms with Gasteiger partial charge in [-0.05, 0) is 65.2 Å². The highest BCUT2D eigenvalue weighted by molar-refractivity contribution is 9.10. The molecule has 0 aliphatic rings. The summed E-state index contributed by atoms with van der Waals surface area (Å²) in [5, 5.41) is 9.17.